The molecule has 0 aliphatic heterocycles. The number of pyridine rings is 1. The zero-order chi connectivity index (χ0) is 13.0. The van der Waals surface area contributed by atoms with Crippen molar-refractivity contribution in [3.05, 3.63) is 69.6 Å². The van der Waals surface area contributed by atoms with Gasteiger partial charge in [0, 0.05) is 12.1 Å². The standard InChI is InChI=1S/C14H13NO3/c1-18-14(17)12-8-7-11(15-13(12)16)9-10-5-3-2-4-6-10/h2-8H,9H2,1H3,(H,15,16). The highest BCUT2D eigenvalue weighted by molar-refractivity contribution is 5.88. The first-order valence-electron chi connectivity index (χ1n) is 5.55. The first-order chi connectivity index (χ1) is 8.70. The summed E-state index contributed by atoms with van der Waals surface area (Å²) in [4.78, 5) is 25.6. The average molecular weight is 243 g/mol. The third-order valence-corrected chi connectivity index (χ3v) is 2.61. The first-order valence-corrected chi connectivity index (χ1v) is 5.55. The summed E-state index contributed by atoms with van der Waals surface area (Å²) in [6, 6.07) is 13.0. The monoisotopic (exact) mass is 243 g/mol. The Bertz CT molecular complexity index is 602. The molecule has 0 aliphatic carbocycles. The number of methoxy groups -OCH3 is 1. The van der Waals surface area contributed by atoms with E-state index in [1.54, 1.807) is 6.07 Å². The van der Waals surface area contributed by atoms with E-state index in [4.69, 9.17) is 0 Å². The summed E-state index contributed by atoms with van der Waals surface area (Å²) in [5, 5.41) is 0. The summed E-state index contributed by atoms with van der Waals surface area (Å²) in [5.41, 5.74) is 1.46. The quantitative estimate of drug-likeness (QED) is 0.835. The van der Waals surface area contributed by atoms with Crippen LogP contribution in [-0.2, 0) is 11.2 Å². The lowest BCUT2D eigenvalue weighted by atomic mass is 10.1. The number of aromatic nitrogens is 1. The number of aromatic amines is 1. The van der Waals surface area contributed by atoms with Crippen molar-refractivity contribution in [2.45, 2.75) is 6.42 Å². The van der Waals surface area contributed by atoms with Crippen molar-refractivity contribution in [2.75, 3.05) is 7.11 Å². The molecule has 0 fully saturated rings. The number of esters is 1. The molecule has 0 atom stereocenters. The van der Waals surface area contributed by atoms with Crippen molar-refractivity contribution >= 4 is 5.97 Å². The minimum Gasteiger partial charge on any atom is -0.465 e. The van der Waals surface area contributed by atoms with Gasteiger partial charge in [-0.15, -0.1) is 0 Å². The highest BCUT2D eigenvalue weighted by Gasteiger charge is 2.10. The summed E-state index contributed by atoms with van der Waals surface area (Å²) < 4.78 is 4.52. The van der Waals surface area contributed by atoms with E-state index in [1.165, 1.54) is 13.2 Å². The van der Waals surface area contributed by atoms with Gasteiger partial charge in [-0.3, -0.25) is 4.79 Å². The van der Waals surface area contributed by atoms with E-state index in [9.17, 15) is 9.59 Å². The van der Waals surface area contributed by atoms with Crippen LogP contribution in [0.15, 0.2) is 47.3 Å². The maximum absolute atomic E-state index is 11.7. The van der Waals surface area contributed by atoms with Crippen molar-refractivity contribution in [3.63, 3.8) is 0 Å². The first kappa shape index (κ1) is 12.1. The Morgan fingerprint density at radius 3 is 2.50 bits per heavy atom. The molecule has 0 amide bonds. The molecule has 0 bridgehead atoms. The molecule has 2 rings (SSSR count). The van der Waals surface area contributed by atoms with Crippen molar-refractivity contribution in [3.8, 4) is 0 Å². The third kappa shape index (κ3) is 2.66. The molecule has 0 aliphatic rings. The fourth-order valence-corrected chi connectivity index (χ4v) is 1.70. The van der Waals surface area contributed by atoms with Gasteiger partial charge in [0.1, 0.15) is 5.56 Å². The molecule has 0 saturated heterocycles. The van der Waals surface area contributed by atoms with Crippen LogP contribution in [0.2, 0.25) is 0 Å². The second kappa shape index (κ2) is 5.31. The third-order valence-electron chi connectivity index (χ3n) is 2.61. The van der Waals surface area contributed by atoms with Crippen LogP contribution < -0.4 is 5.56 Å². The summed E-state index contributed by atoms with van der Waals surface area (Å²) >= 11 is 0. The van der Waals surface area contributed by atoms with Crippen molar-refractivity contribution in [1.29, 1.82) is 0 Å². The molecular formula is C14H13NO3. The van der Waals surface area contributed by atoms with Gasteiger partial charge in [-0.05, 0) is 17.7 Å². The minimum atomic E-state index is -0.623. The van der Waals surface area contributed by atoms with E-state index in [0.29, 0.717) is 6.42 Å². The Hall–Kier alpha value is -2.36. The van der Waals surface area contributed by atoms with Gasteiger partial charge in [-0.2, -0.15) is 0 Å². The van der Waals surface area contributed by atoms with Gasteiger partial charge >= 0.3 is 5.97 Å². The van der Waals surface area contributed by atoms with Crippen LogP contribution in [-0.4, -0.2) is 18.1 Å². The van der Waals surface area contributed by atoms with Gasteiger partial charge in [0.15, 0.2) is 0 Å². The topological polar surface area (TPSA) is 59.2 Å². The van der Waals surface area contributed by atoms with Crippen molar-refractivity contribution in [2.24, 2.45) is 0 Å². The van der Waals surface area contributed by atoms with Crippen LogP contribution in [0.5, 0.6) is 0 Å². The van der Waals surface area contributed by atoms with Crippen LogP contribution in [0.25, 0.3) is 0 Å². The summed E-state index contributed by atoms with van der Waals surface area (Å²) in [6.45, 7) is 0. The van der Waals surface area contributed by atoms with E-state index in [1.807, 2.05) is 30.3 Å². The summed E-state index contributed by atoms with van der Waals surface area (Å²) in [6.07, 6.45) is 0.623. The van der Waals surface area contributed by atoms with Gasteiger partial charge < -0.3 is 9.72 Å². The lowest BCUT2D eigenvalue weighted by molar-refractivity contribution is 0.0598. The maximum atomic E-state index is 11.7. The van der Waals surface area contributed by atoms with E-state index in [0.717, 1.165) is 11.3 Å². The molecule has 1 aromatic carbocycles. The molecule has 0 unspecified atom stereocenters. The Kier molecular flexibility index (Phi) is 3.57. The zero-order valence-electron chi connectivity index (χ0n) is 9.97. The second-order valence-corrected chi connectivity index (χ2v) is 3.88. The predicted octanol–water partition coefficient (Wildman–Crippen LogP) is 1.75. The van der Waals surface area contributed by atoms with Crippen LogP contribution in [0.1, 0.15) is 21.6 Å². The molecule has 92 valence electrons. The molecule has 1 N–H and O–H groups in total. The normalized spacial score (nSPS) is 10.1. The number of rotatable bonds is 3. The Balaban J connectivity index is 2.25. The van der Waals surface area contributed by atoms with E-state index in [-0.39, 0.29) is 5.56 Å². The molecule has 4 nitrogen and oxygen atoms in total. The average Bonchev–Trinajstić information content (AvgIpc) is 2.39. The molecule has 18 heavy (non-hydrogen) atoms. The molecular weight excluding hydrogens is 230 g/mol. The number of benzene rings is 1. The molecule has 0 saturated carbocycles. The smallest absolute Gasteiger partial charge is 0.343 e. The lowest BCUT2D eigenvalue weighted by Gasteiger charge is -2.03. The van der Waals surface area contributed by atoms with Gasteiger partial charge in [-0.25, -0.2) is 4.79 Å². The summed E-state index contributed by atoms with van der Waals surface area (Å²) in [7, 11) is 1.25. The number of H-pyrrole nitrogens is 1. The molecule has 1 heterocycles. The van der Waals surface area contributed by atoms with Crippen molar-refractivity contribution < 1.29 is 9.53 Å². The Morgan fingerprint density at radius 1 is 1.17 bits per heavy atom. The number of hydrogen-bond acceptors (Lipinski definition) is 3. The fourth-order valence-electron chi connectivity index (χ4n) is 1.70. The van der Waals surface area contributed by atoms with Gasteiger partial charge in [0.05, 0.1) is 7.11 Å². The highest BCUT2D eigenvalue weighted by Crippen LogP contribution is 2.06. The van der Waals surface area contributed by atoms with Crippen molar-refractivity contribution in [1.82, 2.24) is 4.98 Å². The van der Waals surface area contributed by atoms with Crippen LogP contribution >= 0.6 is 0 Å². The fraction of sp³-hybridized carbons (Fsp3) is 0.143. The predicted molar refractivity (Wildman–Crippen MR) is 67.7 cm³/mol. The van der Waals surface area contributed by atoms with E-state index < -0.39 is 11.5 Å². The summed E-state index contributed by atoms with van der Waals surface area (Å²) in [5.74, 6) is -0.623. The van der Waals surface area contributed by atoms with Gasteiger partial charge in [0.25, 0.3) is 5.56 Å². The van der Waals surface area contributed by atoms with Gasteiger partial charge in [-0.1, -0.05) is 30.3 Å². The van der Waals surface area contributed by atoms with Crippen LogP contribution in [0.3, 0.4) is 0 Å². The zero-order valence-corrected chi connectivity index (χ0v) is 9.97. The molecule has 0 radical (unpaired) electrons. The lowest BCUT2D eigenvalue weighted by Crippen LogP contribution is -2.19. The number of hydrogen-bond donors (Lipinski definition) is 1. The number of carbonyl (C=O) groups excluding carboxylic acids is 1. The molecule has 2 aromatic rings. The van der Waals surface area contributed by atoms with E-state index in [2.05, 4.69) is 9.72 Å². The molecule has 4 heteroatoms. The number of carbonyl (C=O) groups is 1. The largest absolute Gasteiger partial charge is 0.465 e. The Labute approximate surface area is 104 Å². The Morgan fingerprint density at radius 2 is 1.89 bits per heavy atom. The van der Waals surface area contributed by atoms with Crippen LogP contribution in [0.4, 0.5) is 0 Å². The van der Waals surface area contributed by atoms with Gasteiger partial charge in [0.2, 0.25) is 0 Å². The minimum absolute atomic E-state index is 0.0225. The van der Waals surface area contributed by atoms with E-state index >= 15 is 0 Å². The SMILES string of the molecule is COC(=O)c1ccc(Cc2ccccc2)[nH]c1=O. The molecule has 1 aromatic heterocycles. The van der Waals surface area contributed by atoms with Crippen LogP contribution in [0, 0.1) is 0 Å². The number of ether oxygens (including phenoxy) is 1. The second-order valence-electron chi connectivity index (χ2n) is 3.88. The highest BCUT2D eigenvalue weighted by atomic mass is 16.5. The number of nitrogens with one attached hydrogen (secondary N) is 1. The maximum Gasteiger partial charge on any atom is 0.343 e. The molecule has 0 spiro atoms.